The van der Waals surface area contributed by atoms with Gasteiger partial charge in [0.15, 0.2) is 0 Å². The fraction of sp³-hybridized carbons (Fsp3) is 0.833. The molecule has 1 N–H and O–H groups in total. The molecule has 1 amide bonds. The molecular formula is C6H9F4NO. The maximum absolute atomic E-state index is 12.1. The number of rotatable bonds is 3. The van der Waals surface area contributed by atoms with E-state index in [0.717, 1.165) is 0 Å². The first-order valence-electron chi connectivity index (χ1n) is 3.25. The highest BCUT2D eigenvalue weighted by molar-refractivity contribution is 5.84. The Labute approximate surface area is 66.9 Å². The molecular weight excluding hydrogens is 178 g/mol. The summed E-state index contributed by atoms with van der Waals surface area (Å²) in [6, 6.07) is -0.581. The molecule has 0 aromatic carbocycles. The topological polar surface area (TPSA) is 29.1 Å². The molecule has 0 aliphatic heterocycles. The van der Waals surface area contributed by atoms with Crippen molar-refractivity contribution >= 4 is 5.91 Å². The number of hydrogen-bond donors (Lipinski definition) is 1. The van der Waals surface area contributed by atoms with Crippen LogP contribution in [0.2, 0.25) is 0 Å². The van der Waals surface area contributed by atoms with Gasteiger partial charge in [0.1, 0.15) is 0 Å². The van der Waals surface area contributed by atoms with Crippen LogP contribution in [0.1, 0.15) is 13.8 Å². The van der Waals surface area contributed by atoms with Crippen LogP contribution in [-0.2, 0) is 4.79 Å². The Hall–Kier alpha value is -0.810. The molecule has 0 fully saturated rings. The quantitative estimate of drug-likeness (QED) is 0.665. The number of alkyl halides is 4. The van der Waals surface area contributed by atoms with Gasteiger partial charge in [-0.2, -0.15) is 8.78 Å². The molecule has 0 saturated carbocycles. The fourth-order valence-electron chi connectivity index (χ4n) is 0.458. The van der Waals surface area contributed by atoms with E-state index in [1.54, 1.807) is 5.32 Å². The summed E-state index contributed by atoms with van der Waals surface area (Å²) in [5.41, 5.74) is 0. The predicted molar refractivity (Wildman–Crippen MR) is 34.2 cm³/mol. The van der Waals surface area contributed by atoms with Crippen molar-refractivity contribution in [1.29, 1.82) is 0 Å². The average molecular weight is 187 g/mol. The van der Waals surface area contributed by atoms with Crippen LogP contribution >= 0.6 is 0 Å². The monoisotopic (exact) mass is 187 g/mol. The third-order valence-corrected chi connectivity index (χ3v) is 0.997. The van der Waals surface area contributed by atoms with Gasteiger partial charge in [-0.05, 0) is 13.8 Å². The summed E-state index contributed by atoms with van der Waals surface area (Å²) >= 11 is 0. The molecule has 0 aromatic heterocycles. The summed E-state index contributed by atoms with van der Waals surface area (Å²) in [5.74, 6) is -6.53. The summed E-state index contributed by atoms with van der Waals surface area (Å²) in [5, 5.41) is 1.70. The Morgan fingerprint density at radius 1 is 1.33 bits per heavy atom. The van der Waals surface area contributed by atoms with Gasteiger partial charge in [-0.3, -0.25) is 4.79 Å². The molecule has 0 radical (unpaired) electrons. The van der Waals surface area contributed by atoms with E-state index in [-0.39, 0.29) is 0 Å². The molecule has 72 valence electrons. The summed E-state index contributed by atoms with van der Waals surface area (Å²) in [7, 11) is 0. The van der Waals surface area contributed by atoms with Gasteiger partial charge in [0, 0.05) is 6.04 Å². The number of hydrogen-bond acceptors (Lipinski definition) is 1. The van der Waals surface area contributed by atoms with E-state index in [0.29, 0.717) is 0 Å². The zero-order valence-corrected chi connectivity index (χ0v) is 6.57. The van der Waals surface area contributed by atoms with Crippen LogP contribution in [0.3, 0.4) is 0 Å². The molecule has 0 aliphatic carbocycles. The lowest BCUT2D eigenvalue weighted by Gasteiger charge is -2.16. The van der Waals surface area contributed by atoms with E-state index in [2.05, 4.69) is 0 Å². The van der Waals surface area contributed by atoms with Crippen LogP contribution in [-0.4, -0.2) is 24.3 Å². The molecule has 0 rings (SSSR count). The van der Waals surface area contributed by atoms with Crippen LogP contribution in [0.5, 0.6) is 0 Å². The van der Waals surface area contributed by atoms with E-state index in [4.69, 9.17) is 0 Å². The summed E-state index contributed by atoms with van der Waals surface area (Å²) in [6.07, 6.45) is -3.96. The van der Waals surface area contributed by atoms with Crippen molar-refractivity contribution in [2.45, 2.75) is 32.2 Å². The zero-order chi connectivity index (χ0) is 9.94. The summed E-state index contributed by atoms with van der Waals surface area (Å²) < 4.78 is 47.3. The van der Waals surface area contributed by atoms with E-state index < -0.39 is 24.3 Å². The van der Waals surface area contributed by atoms with Crippen LogP contribution in [0, 0.1) is 0 Å². The van der Waals surface area contributed by atoms with Crippen LogP contribution in [0.4, 0.5) is 17.6 Å². The molecule has 0 atom stereocenters. The van der Waals surface area contributed by atoms with Crippen LogP contribution in [0.25, 0.3) is 0 Å². The second-order valence-corrected chi connectivity index (χ2v) is 2.55. The highest BCUT2D eigenvalue weighted by atomic mass is 19.3. The summed E-state index contributed by atoms with van der Waals surface area (Å²) in [6.45, 7) is 2.80. The largest absolute Gasteiger partial charge is 0.383 e. The molecule has 0 aromatic rings. The number of carbonyl (C=O) groups excluding carboxylic acids is 1. The Kier molecular flexibility index (Phi) is 3.48. The Balaban J connectivity index is 4.26. The van der Waals surface area contributed by atoms with Gasteiger partial charge in [-0.25, -0.2) is 8.78 Å². The zero-order valence-electron chi connectivity index (χ0n) is 6.57. The summed E-state index contributed by atoms with van der Waals surface area (Å²) in [4.78, 5) is 10.4. The van der Waals surface area contributed by atoms with Crippen molar-refractivity contribution in [3.8, 4) is 0 Å². The Morgan fingerprint density at radius 3 is 2.00 bits per heavy atom. The van der Waals surface area contributed by atoms with Crippen molar-refractivity contribution in [2.75, 3.05) is 0 Å². The van der Waals surface area contributed by atoms with Crippen molar-refractivity contribution in [1.82, 2.24) is 5.32 Å². The maximum Gasteiger partial charge on any atom is 0.383 e. The SMILES string of the molecule is CC(C)NC(=O)C(F)(F)C(F)F. The normalized spacial score (nSPS) is 12.3. The number of halogens is 4. The average Bonchev–Trinajstić information content (AvgIpc) is 1.85. The van der Waals surface area contributed by atoms with Gasteiger partial charge in [0.25, 0.3) is 5.91 Å². The minimum Gasteiger partial charge on any atom is -0.348 e. The molecule has 2 nitrogen and oxygen atoms in total. The van der Waals surface area contributed by atoms with Gasteiger partial charge in [-0.15, -0.1) is 0 Å². The first-order chi connectivity index (χ1) is 5.28. The van der Waals surface area contributed by atoms with Gasteiger partial charge in [0.05, 0.1) is 0 Å². The molecule has 0 aliphatic rings. The molecule has 6 heteroatoms. The second kappa shape index (κ2) is 3.73. The molecule has 0 saturated heterocycles. The number of nitrogens with one attached hydrogen (secondary N) is 1. The number of amides is 1. The van der Waals surface area contributed by atoms with Crippen LogP contribution in [0.15, 0.2) is 0 Å². The highest BCUT2D eigenvalue weighted by Gasteiger charge is 2.48. The lowest BCUT2D eigenvalue weighted by Crippen LogP contribution is -2.47. The fourth-order valence-corrected chi connectivity index (χ4v) is 0.458. The van der Waals surface area contributed by atoms with Crippen molar-refractivity contribution in [3.63, 3.8) is 0 Å². The smallest absolute Gasteiger partial charge is 0.348 e. The molecule has 0 bridgehead atoms. The third-order valence-electron chi connectivity index (χ3n) is 0.997. The molecule has 0 spiro atoms. The minimum absolute atomic E-state index is 0.581. The Morgan fingerprint density at radius 2 is 1.75 bits per heavy atom. The molecule has 12 heavy (non-hydrogen) atoms. The van der Waals surface area contributed by atoms with Crippen molar-refractivity contribution in [3.05, 3.63) is 0 Å². The van der Waals surface area contributed by atoms with E-state index in [1.807, 2.05) is 0 Å². The van der Waals surface area contributed by atoms with Gasteiger partial charge in [0.2, 0.25) is 0 Å². The second-order valence-electron chi connectivity index (χ2n) is 2.55. The van der Waals surface area contributed by atoms with E-state index in [9.17, 15) is 22.4 Å². The maximum atomic E-state index is 12.1. The van der Waals surface area contributed by atoms with Gasteiger partial charge < -0.3 is 5.32 Å². The lowest BCUT2D eigenvalue weighted by molar-refractivity contribution is -0.169. The lowest BCUT2D eigenvalue weighted by atomic mass is 10.3. The predicted octanol–water partition coefficient (Wildman–Crippen LogP) is 1.41. The highest BCUT2D eigenvalue weighted by Crippen LogP contribution is 2.22. The van der Waals surface area contributed by atoms with Gasteiger partial charge >= 0.3 is 12.3 Å². The molecule has 0 heterocycles. The van der Waals surface area contributed by atoms with Crippen molar-refractivity contribution in [2.24, 2.45) is 0 Å². The van der Waals surface area contributed by atoms with Crippen LogP contribution < -0.4 is 5.32 Å². The number of carbonyl (C=O) groups is 1. The van der Waals surface area contributed by atoms with Crippen molar-refractivity contribution < 1.29 is 22.4 Å². The van der Waals surface area contributed by atoms with E-state index in [1.165, 1.54) is 13.8 Å². The standard InChI is InChI=1S/C6H9F4NO/c1-3(2)11-5(12)6(9,10)4(7)8/h3-4H,1-2H3,(H,11,12). The van der Waals surface area contributed by atoms with Gasteiger partial charge in [-0.1, -0.05) is 0 Å². The first kappa shape index (κ1) is 11.2. The minimum atomic E-state index is -4.59. The first-order valence-corrected chi connectivity index (χ1v) is 3.25. The Bertz CT molecular complexity index is 169. The third kappa shape index (κ3) is 2.67. The van der Waals surface area contributed by atoms with E-state index >= 15 is 0 Å². The molecule has 0 unspecified atom stereocenters.